The second kappa shape index (κ2) is 5.40. The number of hydrogen-bond acceptors (Lipinski definition) is 2. The molecule has 0 bridgehead atoms. The standard InChI is InChI=1S/C10H22OS2/c1-13(11,9-5-8-12)10-6-3-2-4-7-10/h10,12-13H,2-9H2,1H3. The summed E-state index contributed by atoms with van der Waals surface area (Å²) >= 11 is 4.18. The molecule has 0 aromatic heterocycles. The van der Waals surface area contributed by atoms with Gasteiger partial charge < -0.3 is 0 Å². The maximum atomic E-state index is 12.3. The van der Waals surface area contributed by atoms with Gasteiger partial charge in [-0.2, -0.15) is 12.6 Å². The van der Waals surface area contributed by atoms with Gasteiger partial charge in [0.1, 0.15) is 0 Å². The lowest BCUT2D eigenvalue weighted by molar-refractivity contribution is 0.500. The number of rotatable bonds is 4. The quantitative estimate of drug-likeness (QED) is 0.698. The molecule has 1 nitrogen and oxygen atoms in total. The molecule has 0 saturated heterocycles. The highest BCUT2D eigenvalue weighted by molar-refractivity contribution is 8.02. The second-order valence-corrected chi connectivity index (χ2v) is 8.24. The summed E-state index contributed by atoms with van der Waals surface area (Å²) in [6.45, 7) is 0. The average molecular weight is 222 g/mol. The first-order valence-electron chi connectivity index (χ1n) is 5.34. The lowest BCUT2D eigenvalue weighted by Gasteiger charge is -2.32. The van der Waals surface area contributed by atoms with Crippen LogP contribution in [-0.2, 0) is 9.93 Å². The van der Waals surface area contributed by atoms with Crippen molar-refractivity contribution < 1.29 is 4.21 Å². The summed E-state index contributed by atoms with van der Waals surface area (Å²) in [6, 6.07) is 0. The van der Waals surface area contributed by atoms with Gasteiger partial charge in [-0.15, -0.1) is 9.93 Å². The topological polar surface area (TPSA) is 17.1 Å². The predicted octanol–water partition coefficient (Wildman–Crippen LogP) is 2.29. The molecule has 0 atom stereocenters. The highest BCUT2D eigenvalue weighted by Crippen LogP contribution is 2.27. The van der Waals surface area contributed by atoms with Gasteiger partial charge in [-0.25, -0.2) is 0 Å². The zero-order valence-electron chi connectivity index (χ0n) is 8.54. The van der Waals surface area contributed by atoms with E-state index in [0.717, 1.165) is 17.9 Å². The van der Waals surface area contributed by atoms with E-state index in [1.807, 2.05) is 6.26 Å². The van der Waals surface area contributed by atoms with Gasteiger partial charge >= 0.3 is 0 Å². The molecule has 0 heterocycles. The zero-order valence-corrected chi connectivity index (χ0v) is 10.3. The number of thiol groups is 2. The Balaban J connectivity index is 2.41. The lowest BCUT2D eigenvalue weighted by Crippen LogP contribution is -2.32. The van der Waals surface area contributed by atoms with Crippen LogP contribution in [0, 0.1) is 0 Å². The van der Waals surface area contributed by atoms with Crippen molar-refractivity contribution in [1.29, 1.82) is 0 Å². The second-order valence-electron chi connectivity index (χ2n) is 4.27. The minimum atomic E-state index is -1.83. The highest BCUT2D eigenvalue weighted by Gasteiger charge is 2.23. The third-order valence-electron chi connectivity index (χ3n) is 3.11. The molecule has 1 saturated carbocycles. The maximum absolute atomic E-state index is 12.3. The maximum Gasteiger partial charge on any atom is 0.0124 e. The van der Waals surface area contributed by atoms with Crippen molar-refractivity contribution in [3.05, 3.63) is 0 Å². The molecule has 13 heavy (non-hydrogen) atoms. The van der Waals surface area contributed by atoms with E-state index in [4.69, 9.17) is 0 Å². The first-order valence-corrected chi connectivity index (χ1v) is 8.38. The van der Waals surface area contributed by atoms with Crippen LogP contribution >= 0.6 is 12.6 Å². The third kappa shape index (κ3) is 3.62. The van der Waals surface area contributed by atoms with E-state index >= 15 is 0 Å². The Morgan fingerprint density at radius 1 is 1.31 bits per heavy atom. The van der Waals surface area contributed by atoms with Crippen LogP contribution in [0.4, 0.5) is 0 Å². The molecule has 0 spiro atoms. The molecule has 1 rings (SSSR count). The SMILES string of the molecule is C[SH](=O)(CCCS)C1CCCCC1. The van der Waals surface area contributed by atoms with E-state index < -0.39 is 9.93 Å². The Labute approximate surface area is 88.5 Å². The minimum Gasteiger partial charge on any atom is -0.285 e. The predicted molar refractivity (Wildman–Crippen MR) is 65.7 cm³/mol. The Kier molecular flexibility index (Phi) is 4.81. The van der Waals surface area contributed by atoms with Crippen molar-refractivity contribution >= 4 is 22.6 Å². The van der Waals surface area contributed by atoms with E-state index in [2.05, 4.69) is 12.6 Å². The van der Waals surface area contributed by atoms with Gasteiger partial charge in [0.15, 0.2) is 0 Å². The molecule has 0 amide bonds. The normalized spacial score (nSPS) is 21.7. The van der Waals surface area contributed by atoms with Crippen LogP contribution in [0.5, 0.6) is 0 Å². The molecule has 80 valence electrons. The van der Waals surface area contributed by atoms with Gasteiger partial charge in [0.05, 0.1) is 0 Å². The van der Waals surface area contributed by atoms with Gasteiger partial charge in [0.25, 0.3) is 0 Å². The first kappa shape index (κ1) is 11.6. The molecule has 0 unspecified atom stereocenters. The van der Waals surface area contributed by atoms with E-state index in [9.17, 15) is 4.21 Å². The molecule has 1 fully saturated rings. The summed E-state index contributed by atoms with van der Waals surface area (Å²) in [4.78, 5) is 0. The smallest absolute Gasteiger partial charge is 0.0124 e. The fourth-order valence-electron chi connectivity index (χ4n) is 2.19. The van der Waals surface area contributed by atoms with Gasteiger partial charge in [0, 0.05) is 11.0 Å². The van der Waals surface area contributed by atoms with Gasteiger partial charge in [-0.05, 0) is 31.3 Å². The van der Waals surface area contributed by atoms with Crippen molar-refractivity contribution in [1.82, 2.24) is 0 Å². The molecular weight excluding hydrogens is 200 g/mol. The summed E-state index contributed by atoms with van der Waals surface area (Å²) < 4.78 is 12.3. The van der Waals surface area contributed by atoms with Crippen LogP contribution < -0.4 is 0 Å². The summed E-state index contributed by atoms with van der Waals surface area (Å²) in [5.41, 5.74) is 0. The molecule has 0 aromatic rings. The molecular formula is C10H22OS2. The van der Waals surface area contributed by atoms with Crippen LogP contribution in [0.15, 0.2) is 0 Å². The Morgan fingerprint density at radius 3 is 2.46 bits per heavy atom. The number of hydrogen-bond donors (Lipinski definition) is 2. The van der Waals surface area contributed by atoms with Crippen LogP contribution in [0.1, 0.15) is 38.5 Å². The van der Waals surface area contributed by atoms with Gasteiger partial charge in [0.2, 0.25) is 0 Å². The fourth-order valence-corrected chi connectivity index (χ4v) is 5.21. The van der Waals surface area contributed by atoms with E-state index in [-0.39, 0.29) is 0 Å². The van der Waals surface area contributed by atoms with Crippen LogP contribution in [-0.4, -0.2) is 27.2 Å². The van der Waals surface area contributed by atoms with Crippen molar-refractivity contribution in [2.45, 2.75) is 43.8 Å². The summed E-state index contributed by atoms with van der Waals surface area (Å²) in [6.07, 6.45) is 9.39. The van der Waals surface area contributed by atoms with E-state index in [1.165, 1.54) is 32.1 Å². The van der Waals surface area contributed by atoms with Crippen LogP contribution in [0.3, 0.4) is 0 Å². The summed E-state index contributed by atoms with van der Waals surface area (Å²) in [7, 11) is -1.83. The Hall–Kier alpha value is 0.500. The van der Waals surface area contributed by atoms with Crippen LogP contribution in [0.25, 0.3) is 0 Å². The molecule has 1 aliphatic carbocycles. The molecule has 3 heteroatoms. The molecule has 1 aliphatic rings. The summed E-state index contributed by atoms with van der Waals surface area (Å²) in [5, 5.41) is 0.543. The molecule has 0 radical (unpaired) electrons. The van der Waals surface area contributed by atoms with Crippen molar-refractivity contribution in [2.75, 3.05) is 17.8 Å². The van der Waals surface area contributed by atoms with Crippen molar-refractivity contribution in [3.63, 3.8) is 0 Å². The fraction of sp³-hybridized carbons (Fsp3) is 1.00. The van der Waals surface area contributed by atoms with Crippen molar-refractivity contribution in [2.24, 2.45) is 0 Å². The van der Waals surface area contributed by atoms with Crippen molar-refractivity contribution in [3.8, 4) is 0 Å². The largest absolute Gasteiger partial charge is 0.285 e. The monoisotopic (exact) mass is 222 g/mol. The average Bonchev–Trinajstić information content (AvgIpc) is 2.16. The third-order valence-corrected chi connectivity index (χ3v) is 6.69. The summed E-state index contributed by atoms with van der Waals surface area (Å²) in [5.74, 6) is 1.80. The highest BCUT2D eigenvalue weighted by atomic mass is 32.2. The molecule has 0 aromatic carbocycles. The van der Waals surface area contributed by atoms with Crippen LogP contribution in [0.2, 0.25) is 0 Å². The molecule has 0 N–H and O–H groups in total. The Morgan fingerprint density at radius 2 is 1.92 bits per heavy atom. The van der Waals surface area contributed by atoms with Gasteiger partial charge in [-0.3, -0.25) is 4.21 Å². The van der Waals surface area contributed by atoms with E-state index in [0.29, 0.717) is 5.25 Å². The molecule has 0 aliphatic heterocycles. The lowest BCUT2D eigenvalue weighted by atomic mass is 10.0. The van der Waals surface area contributed by atoms with Gasteiger partial charge in [-0.1, -0.05) is 19.3 Å². The zero-order chi connectivity index (χ0) is 9.73. The van der Waals surface area contributed by atoms with E-state index in [1.54, 1.807) is 0 Å². The Bertz CT molecular complexity index is 185. The minimum absolute atomic E-state index is 0.543. The first-order chi connectivity index (χ1) is 6.17.